The highest BCUT2D eigenvalue weighted by atomic mass is 16.5. The van der Waals surface area contributed by atoms with E-state index in [1.54, 1.807) is 24.3 Å². The smallest absolute Gasteiger partial charge is 0.319 e. The standard InChI is InChI=1S/C16H14N6O5/c1-27-9-5-3-2-4-8(9)18-16-20-12-11(14(25)22-16)7(6-10(23)19-12)13(24)21-15(17)26/h2-5H,6H2,1H3,(H3,17,21,24,26)(H2,18,19,20,22,23,25). The Morgan fingerprint density at radius 3 is 2.70 bits per heavy atom. The first-order chi connectivity index (χ1) is 12.9. The van der Waals surface area contributed by atoms with Gasteiger partial charge in [0, 0.05) is 5.57 Å². The fourth-order valence-corrected chi connectivity index (χ4v) is 2.53. The van der Waals surface area contributed by atoms with Gasteiger partial charge in [0.1, 0.15) is 5.75 Å². The number of aromatic nitrogens is 2. The summed E-state index contributed by atoms with van der Waals surface area (Å²) in [7, 11) is 1.48. The van der Waals surface area contributed by atoms with E-state index in [0.717, 1.165) is 0 Å². The Morgan fingerprint density at radius 2 is 2.00 bits per heavy atom. The SMILES string of the molecule is COc1ccccc1Nc1nc2c(c(=O)[nH]1)=C(C(=O)NC(N)=O)CC(=O)N=2. The zero-order valence-electron chi connectivity index (χ0n) is 14.0. The molecule has 0 bridgehead atoms. The number of aromatic amines is 1. The average molecular weight is 370 g/mol. The van der Waals surface area contributed by atoms with Crippen LogP contribution in [0.4, 0.5) is 16.4 Å². The Kier molecular flexibility index (Phi) is 4.66. The zero-order chi connectivity index (χ0) is 19.6. The number of ether oxygens (including phenoxy) is 1. The van der Waals surface area contributed by atoms with E-state index in [-0.39, 0.29) is 22.2 Å². The number of nitrogens with one attached hydrogen (secondary N) is 3. The Labute approximate surface area is 151 Å². The normalized spacial score (nSPS) is 12.6. The van der Waals surface area contributed by atoms with E-state index < -0.39 is 29.8 Å². The molecule has 5 N–H and O–H groups in total. The quantitative estimate of drug-likeness (QED) is 0.503. The monoisotopic (exact) mass is 370 g/mol. The topological polar surface area (TPSA) is 169 Å². The molecule has 0 spiro atoms. The van der Waals surface area contributed by atoms with Crippen LogP contribution in [0.2, 0.25) is 0 Å². The number of hydrogen-bond donors (Lipinski definition) is 4. The minimum Gasteiger partial charge on any atom is -0.495 e. The number of nitrogens with zero attached hydrogens (tertiary/aromatic N) is 2. The maximum absolute atomic E-state index is 12.5. The van der Waals surface area contributed by atoms with Crippen molar-refractivity contribution in [2.75, 3.05) is 12.4 Å². The van der Waals surface area contributed by atoms with Gasteiger partial charge < -0.3 is 15.8 Å². The predicted octanol–water partition coefficient (Wildman–Crippen LogP) is -1.58. The number of H-pyrrole nitrogens is 1. The van der Waals surface area contributed by atoms with E-state index in [4.69, 9.17) is 10.5 Å². The van der Waals surface area contributed by atoms with Gasteiger partial charge in [-0.1, -0.05) is 12.1 Å². The fourth-order valence-electron chi connectivity index (χ4n) is 2.53. The molecule has 0 radical (unpaired) electrons. The third-order valence-corrected chi connectivity index (χ3v) is 3.63. The molecule has 0 unspecified atom stereocenters. The molecule has 0 saturated carbocycles. The van der Waals surface area contributed by atoms with E-state index in [0.29, 0.717) is 11.4 Å². The van der Waals surface area contributed by atoms with Gasteiger partial charge in [-0.15, -0.1) is 0 Å². The molecule has 1 aromatic heterocycles. The van der Waals surface area contributed by atoms with Crippen LogP contribution in [0.25, 0.3) is 5.57 Å². The molecule has 0 saturated heterocycles. The first-order valence-corrected chi connectivity index (χ1v) is 7.65. The Hall–Kier alpha value is -4.02. The lowest BCUT2D eigenvalue weighted by Crippen LogP contribution is -2.51. The molecule has 3 rings (SSSR count). The van der Waals surface area contributed by atoms with Gasteiger partial charge in [-0.05, 0) is 12.1 Å². The second-order valence-electron chi connectivity index (χ2n) is 5.42. The Bertz CT molecular complexity index is 1140. The minimum absolute atomic E-state index is 0.00337. The van der Waals surface area contributed by atoms with Crippen LogP contribution in [0.3, 0.4) is 0 Å². The van der Waals surface area contributed by atoms with E-state index in [1.165, 1.54) is 7.11 Å². The van der Waals surface area contributed by atoms with Crippen molar-refractivity contribution in [3.05, 3.63) is 45.3 Å². The molecule has 27 heavy (non-hydrogen) atoms. The summed E-state index contributed by atoms with van der Waals surface area (Å²) in [4.78, 5) is 57.5. The Balaban J connectivity index is 2.13. The third-order valence-electron chi connectivity index (χ3n) is 3.63. The van der Waals surface area contributed by atoms with Crippen LogP contribution in [0.15, 0.2) is 34.1 Å². The number of benzene rings is 1. The number of hydrogen-bond acceptors (Lipinski definition) is 7. The van der Waals surface area contributed by atoms with Crippen molar-refractivity contribution in [2.24, 2.45) is 10.7 Å². The van der Waals surface area contributed by atoms with Gasteiger partial charge in [-0.25, -0.2) is 4.79 Å². The highest BCUT2D eigenvalue weighted by Crippen LogP contribution is 2.24. The average Bonchev–Trinajstić information content (AvgIpc) is 2.60. The summed E-state index contributed by atoms with van der Waals surface area (Å²) in [6, 6.07) is 5.79. The van der Waals surface area contributed by atoms with Crippen LogP contribution in [-0.4, -0.2) is 34.9 Å². The lowest BCUT2D eigenvalue weighted by molar-refractivity contribution is -0.119. The number of rotatable bonds is 4. The van der Waals surface area contributed by atoms with Crippen molar-refractivity contribution >= 4 is 35.1 Å². The lowest BCUT2D eigenvalue weighted by Gasteiger charge is -2.11. The largest absolute Gasteiger partial charge is 0.495 e. The molecule has 1 aliphatic heterocycles. The molecule has 1 aliphatic rings. The summed E-state index contributed by atoms with van der Waals surface area (Å²) in [6.45, 7) is 0. The molecule has 0 aliphatic carbocycles. The van der Waals surface area contributed by atoms with Crippen LogP contribution in [-0.2, 0) is 9.59 Å². The summed E-state index contributed by atoms with van der Waals surface area (Å²) in [6.07, 6.45) is -0.448. The van der Waals surface area contributed by atoms with E-state index in [2.05, 4.69) is 20.3 Å². The van der Waals surface area contributed by atoms with Gasteiger partial charge in [0.25, 0.3) is 17.4 Å². The highest BCUT2D eigenvalue weighted by Gasteiger charge is 2.23. The van der Waals surface area contributed by atoms with Crippen molar-refractivity contribution in [3.8, 4) is 5.75 Å². The van der Waals surface area contributed by atoms with Crippen molar-refractivity contribution < 1.29 is 19.1 Å². The first-order valence-electron chi connectivity index (χ1n) is 7.65. The van der Waals surface area contributed by atoms with Gasteiger partial charge >= 0.3 is 6.03 Å². The molecule has 4 amide bonds. The summed E-state index contributed by atoms with van der Waals surface area (Å²) < 4.78 is 5.20. The number of amides is 4. The molecule has 2 aromatic rings. The number of imide groups is 1. The summed E-state index contributed by atoms with van der Waals surface area (Å²) in [5.41, 5.74) is 4.25. The van der Waals surface area contributed by atoms with Crippen LogP contribution >= 0.6 is 0 Å². The van der Waals surface area contributed by atoms with Crippen molar-refractivity contribution in [1.82, 2.24) is 15.3 Å². The van der Waals surface area contributed by atoms with Gasteiger partial charge in [-0.3, -0.25) is 24.7 Å². The zero-order valence-corrected chi connectivity index (χ0v) is 14.0. The van der Waals surface area contributed by atoms with Crippen LogP contribution < -0.4 is 37.4 Å². The van der Waals surface area contributed by atoms with Gasteiger partial charge in [0.2, 0.25) is 5.95 Å². The molecule has 138 valence electrons. The predicted molar refractivity (Wildman–Crippen MR) is 92.7 cm³/mol. The van der Waals surface area contributed by atoms with Crippen molar-refractivity contribution in [3.63, 3.8) is 0 Å². The lowest BCUT2D eigenvalue weighted by atomic mass is 10.1. The highest BCUT2D eigenvalue weighted by molar-refractivity contribution is 6.21. The molecule has 2 heterocycles. The number of nitrogens with two attached hydrogens (primary N) is 1. The van der Waals surface area contributed by atoms with Crippen LogP contribution in [0, 0.1) is 0 Å². The van der Waals surface area contributed by atoms with E-state index >= 15 is 0 Å². The number of methoxy groups -OCH3 is 1. The van der Waals surface area contributed by atoms with Gasteiger partial charge in [0.15, 0.2) is 5.49 Å². The maximum atomic E-state index is 12.5. The second kappa shape index (κ2) is 7.07. The van der Waals surface area contributed by atoms with Gasteiger partial charge in [-0.2, -0.15) is 9.98 Å². The van der Waals surface area contributed by atoms with Crippen LogP contribution in [0.5, 0.6) is 5.75 Å². The molecule has 0 fully saturated rings. The van der Waals surface area contributed by atoms with Crippen LogP contribution in [0.1, 0.15) is 6.42 Å². The van der Waals surface area contributed by atoms with E-state index in [9.17, 15) is 19.2 Å². The molecule has 11 heteroatoms. The molecule has 0 atom stereocenters. The molecule has 11 nitrogen and oxygen atoms in total. The number of carbonyl (C=O) groups is 3. The van der Waals surface area contributed by atoms with E-state index in [1.807, 2.05) is 5.32 Å². The summed E-state index contributed by atoms with van der Waals surface area (Å²) in [5.74, 6) is -1.14. The number of para-hydroxylation sites is 2. The summed E-state index contributed by atoms with van der Waals surface area (Å²) >= 11 is 0. The molecule has 1 aromatic carbocycles. The number of carbonyl (C=O) groups excluding carboxylic acids is 3. The summed E-state index contributed by atoms with van der Waals surface area (Å²) in [5, 5.41) is 4.49. The first kappa shape index (κ1) is 17.8. The molecular formula is C16H14N6O5. The van der Waals surface area contributed by atoms with Gasteiger partial charge in [0.05, 0.1) is 24.4 Å². The number of primary amides is 1. The number of urea groups is 1. The van der Waals surface area contributed by atoms with Crippen molar-refractivity contribution in [1.29, 1.82) is 0 Å². The number of anilines is 2. The number of fused-ring (bicyclic) bond motifs is 1. The minimum atomic E-state index is -1.11. The Morgan fingerprint density at radius 1 is 1.26 bits per heavy atom. The third kappa shape index (κ3) is 3.66. The van der Waals surface area contributed by atoms with Crippen molar-refractivity contribution in [2.45, 2.75) is 6.42 Å². The fraction of sp³-hybridized carbons (Fsp3) is 0.125. The molecular weight excluding hydrogens is 356 g/mol. The maximum Gasteiger partial charge on any atom is 0.319 e. The second-order valence-corrected chi connectivity index (χ2v) is 5.42.